The number of nitrogens with two attached hydrogens (primary N) is 1. The SMILES string of the molecule is CCCOc1ccccc1NC(=O)CC(CN)CC(C)C. The number of amides is 1. The van der Waals surface area contributed by atoms with E-state index >= 15 is 0 Å². The highest BCUT2D eigenvalue weighted by Gasteiger charge is 2.15. The quantitative estimate of drug-likeness (QED) is 0.733. The predicted octanol–water partition coefficient (Wildman–Crippen LogP) is 3.43. The smallest absolute Gasteiger partial charge is 0.224 e. The molecule has 0 spiro atoms. The number of anilines is 1. The Balaban J connectivity index is 2.61. The zero-order valence-corrected chi connectivity index (χ0v) is 13.4. The van der Waals surface area contributed by atoms with Crippen LogP contribution in [-0.2, 0) is 4.79 Å². The summed E-state index contributed by atoms with van der Waals surface area (Å²) in [5.41, 5.74) is 6.49. The van der Waals surface area contributed by atoms with Crippen molar-refractivity contribution in [1.29, 1.82) is 0 Å². The summed E-state index contributed by atoms with van der Waals surface area (Å²) in [5, 5.41) is 2.94. The first-order chi connectivity index (χ1) is 10.1. The second kappa shape index (κ2) is 9.40. The standard InChI is InChI=1S/C17H28N2O2/c1-4-9-21-16-8-6-5-7-15(16)19-17(20)11-14(12-18)10-13(2)3/h5-8,13-14H,4,9-12,18H2,1-3H3,(H,19,20). The van der Waals surface area contributed by atoms with Crippen molar-refractivity contribution in [2.75, 3.05) is 18.5 Å². The molecular formula is C17H28N2O2. The van der Waals surface area contributed by atoms with Gasteiger partial charge >= 0.3 is 0 Å². The molecule has 1 atom stereocenters. The maximum absolute atomic E-state index is 12.2. The van der Waals surface area contributed by atoms with Crippen molar-refractivity contribution < 1.29 is 9.53 Å². The molecule has 0 saturated heterocycles. The van der Waals surface area contributed by atoms with Crippen molar-refractivity contribution in [2.24, 2.45) is 17.6 Å². The lowest BCUT2D eigenvalue weighted by Gasteiger charge is -2.17. The van der Waals surface area contributed by atoms with E-state index in [0.717, 1.165) is 24.3 Å². The monoisotopic (exact) mass is 292 g/mol. The molecule has 1 aromatic carbocycles. The molecule has 1 amide bonds. The van der Waals surface area contributed by atoms with Crippen molar-refractivity contribution in [2.45, 2.75) is 40.0 Å². The molecule has 0 aliphatic carbocycles. The minimum Gasteiger partial charge on any atom is -0.491 e. The van der Waals surface area contributed by atoms with Crippen LogP contribution in [0.3, 0.4) is 0 Å². The molecule has 1 aromatic rings. The van der Waals surface area contributed by atoms with Crippen LogP contribution in [0, 0.1) is 11.8 Å². The van der Waals surface area contributed by atoms with Gasteiger partial charge in [0.05, 0.1) is 12.3 Å². The van der Waals surface area contributed by atoms with Gasteiger partial charge in [0.15, 0.2) is 0 Å². The fraction of sp³-hybridized carbons (Fsp3) is 0.588. The largest absolute Gasteiger partial charge is 0.491 e. The van der Waals surface area contributed by atoms with E-state index in [9.17, 15) is 4.79 Å². The molecule has 0 aromatic heterocycles. The number of carbonyl (C=O) groups is 1. The maximum atomic E-state index is 12.2. The van der Waals surface area contributed by atoms with Gasteiger partial charge in [0.1, 0.15) is 5.75 Å². The minimum atomic E-state index is -0.00125. The lowest BCUT2D eigenvalue weighted by Crippen LogP contribution is -2.23. The molecule has 21 heavy (non-hydrogen) atoms. The van der Waals surface area contributed by atoms with Crippen molar-refractivity contribution in [3.05, 3.63) is 24.3 Å². The third-order valence-corrected chi connectivity index (χ3v) is 3.23. The van der Waals surface area contributed by atoms with Crippen LogP contribution in [0.25, 0.3) is 0 Å². The number of nitrogens with one attached hydrogen (secondary N) is 1. The summed E-state index contributed by atoms with van der Waals surface area (Å²) in [6, 6.07) is 7.54. The number of benzene rings is 1. The number of hydrogen-bond donors (Lipinski definition) is 2. The normalized spacial score (nSPS) is 12.2. The fourth-order valence-corrected chi connectivity index (χ4v) is 2.30. The van der Waals surface area contributed by atoms with Gasteiger partial charge < -0.3 is 15.8 Å². The van der Waals surface area contributed by atoms with Crippen LogP contribution >= 0.6 is 0 Å². The first-order valence-electron chi connectivity index (χ1n) is 7.78. The van der Waals surface area contributed by atoms with Crippen molar-refractivity contribution in [3.63, 3.8) is 0 Å². The molecule has 4 nitrogen and oxygen atoms in total. The average Bonchev–Trinajstić information content (AvgIpc) is 2.45. The van der Waals surface area contributed by atoms with Crippen LogP contribution in [0.1, 0.15) is 40.0 Å². The van der Waals surface area contributed by atoms with Gasteiger partial charge in [-0.1, -0.05) is 32.9 Å². The lowest BCUT2D eigenvalue weighted by atomic mass is 9.94. The highest BCUT2D eigenvalue weighted by molar-refractivity contribution is 5.92. The summed E-state index contributed by atoms with van der Waals surface area (Å²) < 4.78 is 5.64. The molecule has 0 bridgehead atoms. The molecular weight excluding hydrogens is 264 g/mol. The molecule has 0 aliphatic heterocycles. The van der Waals surface area contributed by atoms with Crippen LogP contribution in [-0.4, -0.2) is 19.1 Å². The molecule has 0 radical (unpaired) electrons. The van der Waals surface area contributed by atoms with Crippen LogP contribution in [0.5, 0.6) is 5.75 Å². The predicted molar refractivity (Wildman–Crippen MR) is 87.5 cm³/mol. The number of hydrogen-bond acceptors (Lipinski definition) is 3. The van der Waals surface area contributed by atoms with Gasteiger partial charge in [-0.3, -0.25) is 4.79 Å². The Morgan fingerprint density at radius 3 is 2.67 bits per heavy atom. The second-order valence-corrected chi connectivity index (χ2v) is 5.83. The van der Waals surface area contributed by atoms with Gasteiger partial charge in [0, 0.05) is 6.42 Å². The molecule has 0 heterocycles. The molecule has 4 heteroatoms. The zero-order valence-electron chi connectivity index (χ0n) is 13.4. The highest BCUT2D eigenvalue weighted by Crippen LogP contribution is 2.24. The van der Waals surface area contributed by atoms with Crippen LogP contribution < -0.4 is 15.8 Å². The van der Waals surface area contributed by atoms with E-state index in [4.69, 9.17) is 10.5 Å². The van der Waals surface area contributed by atoms with E-state index in [1.54, 1.807) is 0 Å². The summed E-state index contributed by atoms with van der Waals surface area (Å²) in [6.45, 7) is 7.53. The lowest BCUT2D eigenvalue weighted by molar-refractivity contribution is -0.117. The van der Waals surface area contributed by atoms with Gasteiger partial charge in [0.2, 0.25) is 5.91 Å². The number of para-hydroxylation sites is 2. The number of rotatable bonds is 9. The van der Waals surface area contributed by atoms with E-state index < -0.39 is 0 Å². The zero-order chi connectivity index (χ0) is 15.7. The van der Waals surface area contributed by atoms with E-state index in [2.05, 4.69) is 26.1 Å². The first kappa shape index (κ1) is 17.5. The summed E-state index contributed by atoms with van der Waals surface area (Å²) >= 11 is 0. The Morgan fingerprint density at radius 2 is 2.05 bits per heavy atom. The van der Waals surface area contributed by atoms with Crippen LogP contribution in [0.4, 0.5) is 5.69 Å². The van der Waals surface area contributed by atoms with Crippen molar-refractivity contribution in [1.82, 2.24) is 0 Å². The maximum Gasteiger partial charge on any atom is 0.224 e. The minimum absolute atomic E-state index is 0.00125. The van der Waals surface area contributed by atoms with Crippen LogP contribution in [0.2, 0.25) is 0 Å². The van der Waals surface area contributed by atoms with Crippen LogP contribution in [0.15, 0.2) is 24.3 Å². The van der Waals surface area contributed by atoms with E-state index in [-0.39, 0.29) is 11.8 Å². The second-order valence-electron chi connectivity index (χ2n) is 5.83. The number of ether oxygens (including phenoxy) is 1. The summed E-state index contributed by atoms with van der Waals surface area (Å²) in [7, 11) is 0. The Morgan fingerprint density at radius 1 is 1.33 bits per heavy atom. The Kier molecular flexibility index (Phi) is 7.83. The van der Waals surface area contributed by atoms with E-state index in [0.29, 0.717) is 25.5 Å². The molecule has 0 saturated carbocycles. The van der Waals surface area contributed by atoms with E-state index in [1.807, 2.05) is 24.3 Å². The van der Waals surface area contributed by atoms with Gasteiger partial charge in [0.25, 0.3) is 0 Å². The Labute approximate surface area is 128 Å². The van der Waals surface area contributed by atoms with Gasteiger partial charge in [-0.15, -0.1) is 0 Å². The van der Waals surface area contributed by atoms with Gasteiger partial charge in [-0.05, 0) is 43.4 Å². The molecule has 0 aliphatic rings. The Hall–Kier alpha value is -1.55. The fourth-order valence-electron chi connectivity index (χ4n) is 2.30. The summed E-state index contributed by atoms with van der Waals surface area (Å²) in [6.07, 6.45) is 2.36. The molecule has 1 rings (SSSR count). The molecule has 1 unspecified atom stereocenters. The summed E-state index contributed by atoms with van der Waals surface area (Å²) in [4.78, 5) is 12.2. The average molecular weight is 292 g/mol. The number of carbonyl (C=O) groups excluding carboxylic acids is 1. The van der Waals surface area contributed by atoms with Crippen molar-refractivity contribution in [3.8, 4) is 5.75 Å². The van der Waals surface area contributed by atoms with Crippen molar-refractivity contribution >= 4 is 11.6 Å². The first-order valence-corrected chi connectivity index (χ1v) is 7.78. The molecule has 118 valence electrons. The van der Waals surface area contributed by atoms with Gasteiger partial charge in [-0.2, -0.15) is 0 Å². The Bertz CT molecular complexity index is 433. The van der Waals surface area contributed by atoms with Gasteiger partial charge in [-0.25, -0.2) is 0 Å². The third kappa shape index (κ3) is 6.63. The third-order valence-electron chi connectivity index (χ3n) is 3.23. The molecule has 3 N–H and O–H groups in total. The summed E-state index contributed by atoms with van der Waals surface area (Å²) in [5.74, 6) is 1.50. The van der Waals surface area contributed by atoms with E-state index in [1.165, 1.54) is 0 Å². The molecule has 0 fully saturated rings. The highest BCUT2D eigenvalue weighted by atomic mass is 16.5. The topological polar surface area (TPSA) is 64.3 Å².